The zero-order chi connectivity index (χ0) is 11.4. The number of carbonyl (C=O) groups excluding carboxylic acids is 1. The predicted molar refractivity (Wildman–Crippen MR) is 65.2 cm³/mol. The van der Waals surface area contributed by atoms with Gasteiger partial charge in [0.15, 0.2) is 0 Å². The molecular weight excluding hydrogens is 242 g/mol. The molecule has 0 aliphatic rings. The van der Waals surface area contributed by atoms with Gasteiger partial charge in [-0.05, 0) is 11.4 Å². The molecule has 2 aromatic heterocycles. The molecule has 0 fully saturated rings. The summed E-state index contributed by atoms with van der Waals surface area (Å²) in [5, 5.41) is 4.69. The Kier molecular flexibility index (Phi) is 3.66. The number of nitrogens with two attached hydrogens (primary N) is 1. The number of rotatable bonds is 4. The number of nitrogens with zero attached hydrogens (tertiary/aromatic N) is 1. The Morgan fingerprint density at radius 3 is 3.06 bits per heavy atom. The zero-order valence-electron chi connectivity index (χ0n) is 8.42. The standard InChI is InChI=1S/C10H11N3OS2/c11-9(8-2-1-3-15-8)10(14)13-5-7-4-12-6-16-7/h1-4,6,9H,5,11H2,(H,13,14). The Morgan fingerprint density at radius 2 is 2.44 bits per heavy atom. The van der Waals surface area contributed by atoms with Gasteiger partial charge in [-0.15, -0.1) is 22.7 Å². The smallest absolute Gasteiger partial charge is 0.242 e. The summed E-state index contributed by atoms with van der Waals surface area (Å²) in [6.07, 6.45) is 1.74. The minimum atomic E-state index is -0.576. The second kappa shape index (κ2) is 5.20. The lowest BCUT2D eigenvalue weighted by atomic mass is 10.2. The third-order valence-electron chi connectivity index (χ3n) is 2.05. The molecule has 1 unspecified atom stereocenters. The van der Waals surface area contributed by atoms with Crippen molar-refractivity contribution >= 4 is 28.6 Å². The Morgan fingerprint density at radius 1 is 1.56 bits per heavy atom. The normalized spacial score (nSPS) is 12.3. The van der Waals surface area contributed by atoms with Crippen molar-refractivity contribution in [3.8, 4) is 0 Å². The molecule has 84 valence electrons. The first-order chi connectivity index (χ1) is 7.77. The first-order valence-electron chi connectivity index (χ1n) is 4.71. The second-order valence-corrected chi connectivity index (χ2v) is 5.13. The minimum absolute atomic E-state index is 0.157. The van der Waals surface area contributed by atoms with Crippen LogP contribution in [-0.4, -0.2) is 10.9 Å². The van der Waals surface area contributed by atoms with E-state index in [1.807, 2.05) is 17.5 Å². The summed E-state index contributed by atoms with van der Waals surface area (Å²) < 4.78 is 0. The number of nitrogens with one attached hydrogen (secondary N) is 1. The number of thiazole rings is 1. The van der Waals surface area contributed by atoms with E-state index in [4.69, 9.17) is 5.73 Å². The maximum atomic E-state index is 11.7. The molecule has 0 bridgehead atoms. The van der Waals surface area contributed by atoms with Crippen LogP contribution in [0.15, 0.2) is 29.2 Å². The molecule has 0 saturated heterocycles. The van der Waals surface area contributed by atoms with Crippen LogP contribution in [0.2, 0.25) is 0 Å². The summed E-state index contributed by atoms with van der Waals surface area (Å²) in [6, 6.07) is 3.17. The van der Waals surface area contributed by atoms with Crippen LogP contribution in [0.4, 0.5) is 0 Å². The van der Waals surface area contributed by atoms with Gasteiger partial charge < -0.3 is 11.1 Å². The highest BCUT2D eigenvalue weighted by atomic mass is 32.1. The molecule has 16 heavy (non-hydrogen) atoms. The fourth-order valence-corrected chi connectivity index (χ4v) is 2.47. The van der Waals surface area contributed by atoms with Crippen LogP contribution in [0.25, 0.3) is 0 Å². The zero-order valence-corrected chi connectivity index (χ0v) is 10.1. The number of amides is 1. The third kappa shape index (κ3) is 2.66. The van der Waals surface area contributed by atoms with E-state index in [-0.39, 0.29) is 5.91 Å². The van der Waals surface area contributed by atoms with E-state index in [0.29, 0.717) is 6.54 Å². The summed E-state index contributed by atoms with van der Waals surface area (Å²) >= 11 is 3.00. The Labute approximate surface area is 101 Å². The van der Waals surface area contributed by atoms with Gasteiger partial charge in [0, 0.05) is 16.0 Å². The lowest BCUT2D eigenvalue weighted by Crippen LogP contribution is -2.32. The van der Waals surface area contributed by atoms with Gasteiger partial charge in [-0.2, -0.15) is 0 Å². The highest BCUT2D eigenvalue weighted by Gasteiger charge is 2.16. The average molecular weight is 253 g/mol. The number of carbonyl (C=O) groups is 1. The molecule has 1 atom stereocenters. The van der Waals surface area contributed by atoms with Crippen molar-refractivity contribution in [3.63, 3.8) is 0 Å². The van der Waals surface area contributed by atoms with Crippen LogP contribution in [-0.2, 0) is 11.3 Å². The van der Waals surface area contributed by atoms with E-state index in [1.54, 1.807) is 11.7 Å². The van der Waals surface area contributed by atoms with Crippen LogP contribution in [0.3, 0.4) is 0 Å². The monoisotopic (exact) mass is 253 g/mol. The van der Waals surface area contributed by atoms with E-state index in [2.05, 4.69) is 10.3 Å². The lowest BCUT2D eigenvalue weighted by Gasteiger charge is -2.09. The first kappa shape index (κ1) is 11.3. The molecule has 0 radical (unpaired) electrons. The lowest BCUT2D eigenvalue weighted by molar-refractivity contribution is -0.122. The summed E-state index contributed by atoms with van der Waals surface area (Å²) in [6.45, 7) is 0.489. The van der Waals surface area contributed by atoms with Crippen LogP contribution >= 0.6 is 22.7 Å². The number of aromatic nitrogens is 1. The maximum absolute atomic E-state index is 11.7. The predicted octanol–water partition coefficient (Wildman–Crippen LogP) is 1.52. The molecule has 2 heterocycles. The second-order valence-electron chi connectivity index (χ2n) is 3.18. The highest BCUT2D eigenvalue weighted by molar-refractivity contribution is 7.10. The van der Waals surface area contributed by atoms with E-state index in [0.717, 1.165) is 9.75 Å². The largest absolute Gasteiger partial charge is 0.349 e. The van der Waals surface area contributed by atoms with E-state index >= 15 is 0 Å². The van der Waals surface area contributed by atoms with Gasteiger partial charge in [0.2, 0.25) is 5.91 Å². The molecular formula is C10H11N3OS2. The summed E-state index contributed by atoms with van der Waals surface area (Å²) in [5.41, 5.74) is 7.55. The Hall–Kier alpha value is -1.24. The van der Waals surface area contributed by atoms with E-state index in [9.17, 15) is 4.79 Å². The number of hydrogen-bond donors (Lipinski definition) is 2. The third-order valence-corrected chi connectivity index (χ3v) is 3.79. The molecule has 0 aromatic carbocycles. The van der Waals surface area contributed by atoms with Crippen LogP contribution < -0.4 is 11.1 Å². The summed E-state index contributed by atoms with van der Waals surface area (Å²) in [5.74, 6) is -0.157. The topological polar surface area (TPSA) is 68.0 Å². The van der Waals surface area contributed by atoms with Crippen LogP contribution in [0.1, 0.15) is 15.8 Å². The molecule has 0 spiro atoms. The van der Waals surface area contributed by atoms with Gasteiger partial charge in [-0.25, -0.2) is 0 Å². The van der Waals surface area contributed by atoms with Gasteiger partial charge >= 0.3 is 0 Å². The highest BCUT2D eigenvalue weighted by Crippen LogP contribution is 2.16. The molecule has 0 saturated carbocycles. The van der Waals surface area contributed by atoms with Crippen molar-refractivity contribution in [2.24, 2.45) is 5.73 Å². The molecule has 0 aliphatic carbocycles. The fraction of sp³-hybridized carbons (Fsp3) is 0.200. The number of thiophene rings is 1. The minimum Gasteiger partial charge on any atom is -0.349 e. The van der Waals surface area contributed by atoms with Gasteiger partial charge in [0.25, 0.3) is 0 Å². The molecule has 1 amide bonds. The van der Waals surface area contributed by atoms with Gasteiger partial charge in [0.05, 0.1) is 12.1 Å². The Balaban J connectivity index is 1.89. The van der Waals surface area contributed by atoms with Crippen molar-refractivity contribution in [3.05, 3.63) is 39.0 Å². The van der Waals surface area contributed by atoms with E-state index < -0.39 is 6.04 Å². The van der Waals surface area contributed by atoms with E-state index in [1.165, 1.54) is 22.7 Å². The van der Waals surface area contributed by atoms with Crippen molar-refractivity contribution in [1.82, 2.24) is 10.3 Å². The molecule has 2 aromatic rings. The van der Waals surface area contributed by atoms with Gasteiger partial charge in [0.1, 0.15) is 6.04 Å². The molecule has 3 N–H and O–H groups in total. The van der Waals surface area contributed by atoms with Crippen LogP contribution in [0.5, 0.6) is 0 Å². The maximum Gasteiger partial charge on any atom is 0.242 e. The van der Waals surface area contributed by atoms with Crippen molar-refractivity contribution in [2.75, 3.05) is 0 Å². The molecule has 4 nitrogen and oxygen atoms in total. The first-order valence-corrected chi connectivity index (χ1v) is 6.47. The fourth-order valence-electron chi connectivity index (χ4n) is 1.21. The molecule has 0 aliphatic heterocycles. The molecule has 2 rings (SSSR count). The van der Waals surface area contributed by atoms with Crippen LogP contribution in [0, 0.1) is 0 Å². The summed E-state index contributed by atoms with van der Waals surface area (Å²) in [4.78, 5) is 17.5. The van der Waals surface area contributed by atoms with Gasteiger partial charge in [-0.1, -0.05) is 6.07 Å². The van der Waals surface area contributed by atoms with Crippen molar-refractivity contribution < 1.29 is 4.79 Å². The number of hydrogen-bond acceptors (Lipinski definition) is 5. The Bertz CT molecular complexity index is 439. The average Bonchev–Trinajstić information content (AvgIpc) is 2.96. The van der Waals surface area contributed by atoms with Crippen molar-refractivity contribution in [2.45, 2.75) is 12.6 Å². The van der Waals surface area contributed by atoms with Crippen molar-refractivity contribution in [1.29, 1.82) is 0 Å². The molecule has 6 heteroatoms. The SMILES string of the molecule is NC(C(=O)NCc1cncs1)c1cccs1. The summed E-state index contributed by atoms with van der Waals surface area (Å²) in [7, 11) is 0. The van der Waals surface area contributed by atoms with Gasteiger partial charge in [-0.3, -0.25) is 9.78 Å². The quantitative estimate of drug-likeness (QED) is 0.868.